The van der Waals surface area contributed by atoms with E-state index < -0.39 is 5.67 Å². The van der Waals surface area contributed by atoms with Gasteiger partial charge in [0.05, 0.1) is 0 Å². The van der Waals surface area contributed by atoms with E-state index in [4.69, 9.17) is 4.74 Å². The highest BCUT2D eigenvalue weighted by atomic mass is 19.1. The minimum absolute atomic E-state index is 0.348. The van der Waals surface area contributed by atoms with Crippen molar-refractivity contribution < 1.29 is 13.9 Å². The standard InChI is InChI=1S/C14H21FN4O2/c1-2-21-10-12-17-16-11-4-7-18(8-9-19(11)12)13(20)14(15)5-3-6-14/h2-10H2,1H3. The summed E-state index contributed by atoms with van der Waals surface area (Å²) in [6.45, 7) is 4.60. The van der Waals surface area contributed by atoms with Crippen LogP contribution in [0.3, 0.4) is 0 Å². The molecule has 3 rings (SSSR count). The van der Waals surface area contributed by atoms with Crippen molar-refractivity contribution in [2.24, 2.45) is 0 Å². The van der Waals surface area contributed by atoms with Gasteiger partial charge in [0.15, 0.2) is 11.5 Å². The number of fused-ring (bicyclic) bond motifs is 1. The Kier molecular flexibility index (Phi) is 3.93. The summed E-state index contributed by atoms with van der Waals surface area (Å²) in [6, 6.07) is 0. The topological polar surface area (TPSA) is 60.3 Å². The molecule has 0 radical (unpaired) electrons. The maximum atomic E-state index is 14.3. The van der Waals surface area contributed by atoms with Gasteiger partial charge in [0.2, 0.25) is 0 Å². The minimum Gasteiger partial charge on any atom is -0.374 e. The number of halogens is 1. The number of alkyl halides is 1. The van der Waals surface area contributed by atoms with Crippen LogP contribution < -0.4 is 0 Å². The van der Waals surface area contributed by atoms with E-state index in [1.165, 1.54) is 0 Å². The van der Waals surface area contributed by atoms with E-state index in [9.17, 15) is 9.18 Å². The fourth-order valence-corrected chi connectivity index (χ4v) is 2.87. The molecule has 0 bridgehead atoms. The number of carbonyl (C=O) groups excluding carboxylic acids is 1. The molecule has 0 spiro atoms. The third kappa shape index (κ3) is 2.66. The van der Waals surface area contributed by atoms with Crippen LogP contribution in [0.15, 0.2) is 0 Å². The highest BCUT2D eigenvalue weighted by Crippen LogP contribution is 2.37. The Hall–Kier alpha value is -1.50. The van der Waals surface area contributed by atoms with Gasteiger partial charge in [-0.05, 0) is 26.2 Å². The predicted octanol–water partition coefficient (Wildman–Crippen LogP) is 1.09. The molecule has 0 atom stereocenters. The van der Waals surface area contributed by atoms with Gasteiger partial charge >= 0.3 is 0 Å². The Morgan fingerprint density at radius 2 is 2.14 bits per heavy atom. The van der Waals surface area contributed by atoms with Crippen molar-refractivity contribution in [3.05, 3.63) is 11.6 Å². The summed E-state index contributed by atoms with van der Waals surface area (Å²) in [4.78, 5) is 13.9. The van der Waals surface area contributed by atoms with Gasteiger partial charge in [-0.15, -0.1) is 10.2 Å². The molecule has 1 fully saturated rings. The Balaban J connectivity index is 1.68. The molecular weight excluding hydrogens is 275 g/mol. The number of nitrogens with zero attached hydrogens (tertiary/aromatic N) is 4. The van der Waals surface area contributed by atoms with Crippen molar-refractivity contribution in [1.82, 2.24) is 19.7 Å². The lowest BCUT2D eigenvalue weighted by Crippen LogP contribution is -2.51. The molecule has 21 heavy (non-hydrogen) atoms. The SMILES string of the molecule is CCOCc1nnc2n1CCN(C(=O)C1(F)CCC1)CC2. The van der Waals surface area contributed by atoms with Crippen molar-refractivity contribution in [3.63, 3.8) is 0 Å². The van der Waals surface area contributed by atoms with Crippen LogP contribution in [-0.4, -0.2) is 50.9 Å². The van der Waals surface area contributed by atoms with Crippen molar-refractivity contribution in [2.45, 2.75) is 51.4 Å². The third-order valence-corrected chi connectivity index (χ3v) is 4.35. The summed E-state index contributed by atoms with van der Waals surface area (Å²) in [5.74, 6) is 1.28. The van der Waals surface area contributed by atoms with Gasteiger partial charge in [0, 0.05) is 32.7 Å². The molecular formula is C14H21FN4O2. The van der Waals surface area contributed by atoms with E-state index in [0.717, 1.165) is 18.1 Å². The monoisotopic (exact) mass is 296 g/mol. The second kappa shape index (κ2) is 5.71. The zero-order chi connectivity index (χ0) is 14.9. The van der Waals surface area contributed by atoms with E-state index in [1.54, 1.807) is 4.90 Å². The molecule has 2 aliphatic rings. The van der Waals surface area contributed by atoms with Gasteiger partial charge in [-0.2, -0.15) is 0 Å². The zero-order valence-electron chi connectivity index (χ0n) is 12.3. The van der Waals surface area contributed by atoms with Crippen LogP contribution in [0.2, 0.25) is 0 Å². The number of carbonyl (C=O) groups is 1. The summed E-state index contributed by atoms with van der Waals surface area (Å²) in [6.07, 6.45) is 2.15. The first-order valence-electron chi connectivity index (χ1n) is 7.61. The van der Waals surface area contributed by atoms with Gasteiger partial charge < -0.3 is 14.2 Å². The van der Waals surface area contributed by atoms with Crippen LogP contribution in [-0.2, 0) is 29.1 Å². The second-order valence-electron chi connectivity index (χ2n) is 5.68. The Labute approximate surface area is 123 Å². The average Bonchev–Trinajstić information content (AvgIpc) is 2.71. The Bertz CT molecular complexity index is 527. The van der Waals surface area contributed by atoms with E-state index in [0.29, 0.717) is 52.1 Å². The molecule has 1 amide bonds. The highest BCUT2D eigenvalue weighted by molar-refractivity contribution is 5.86. The Morgan fingerprint density at radius 3 is 2.81 bits per heavy atom. The number of hydrogen-bond acceptors (Lipinski definition) is 4. The fourth-order valence-electron chi connectivity index (χ4n) is 2.87. The van der Waals surface area contributed by atoms with Gasteiger partial charge in [0.1, 0.15) is 12.4 Å². The van der Waals surface area contributed by atoms with Gasteiger partial charge in [-0.3, -0.25) is 4.79 Å². The van der Waals surface area contributed by atoms with Gasteiger partial charge in [0.25, 0.3) is 5.91 Å². The Morgan fingerprint density at radius 1 is 1.33 bits per heavy atom. The third-order valence-electron chi connectivity index (χ3n) is 4.35. The lowest BCUT2D eigenvalue weighted by Gasteiger charge is -2.36. The maximum absolute atomic E-state index is 14.3. The van der Waals surface area contributed by atoms with Crippen LogP contribution in [0.25, 0.3) is 0 Å². The molecule has 6 nitrogen and oxygen atoms in total. The van der Waals surface area contributed by atoms with Crippen LogP contribution in [0.1, 0.15) is 37.8 Å². The van der Waals surface area contributed by atoms with E-state index in [1.807, 2.05) is 11.5 Å². The molecule has 0 unspecified atom stereocenters. The van der Waals surface area contributed by atoms with Gasteiger partial charge in [-0.25, -0.2) is 4.39 Å². The molecule has 1 aromatic rings. The van der Waals surface area contributed by atoms with E-state index in [2.05, 4.69) is 10.2 Å². The predicted molar refractivity (Wildman–Crippen MR) is 73.3 cm³/mol. The molecule has 2 heterocycles. The molecule has 1 saturated carbocycles. The summed E-state index contributed by atoms with van der Waals surface area (Å²) in [7, 11) is 0. The van der Waals surface area contributed by atoms with Crippen molar-refractivity contribution in [2.75, 3.05) is 19.7 Å². The molecule has 1 aliphatic heterocycles. The molecule has 0 aromatic carbocycles. The second-order valence-corrected chi connectivity index (χ2v) is 5.68. The average molecular weight is 296 g/mol. The zero-order valence-corrected chi connectivity index (χ0v) is 12.3. The van der Waals surface area contributed by atoms with Crippen LogP contribution in [0, 0.1) is 0 Å². The first kappa shape index (κ1) is 14.4. The normalized spacial score (nSPS) is 20.6. The number of amides is 1. The lowest BCUT2D eigenvalue weighted by molar-refractivity contribution is -0.149. The smallest absolute Gasteiger partial charge is 0.260 e. The maximum Gasteiger partial charge on any atom is 0.260 e. The van der Waals surface area contributed by atoms with Crippen molar-refractivity contribution >= 4 is 5.91 Å². The van der Waals surface area contributed by atoms with E-state index >= 15 is 0 Å². The number of hydrogen-bond donors (Lipinski definition) is 0. The minimum atomic E-state index is -1.61. The molecule has 0 saturated heterocycles. The largest absolute Gasteiger partial charge is 0.374 e. The van der Waals surface area contributed by atoms with Gasteiger partial charge in [-0.1, -0.05) is 0 Å². The quantitative estimate of drug-likeness (QED) is 0.834. The molecule has 1 aliphatic carbocycles. The lowest BCUT2D eigenvalue weighted by atomic mass is 9.81. The number of aromatic nitrogens is 3. The van der Waals surface area contributed by atoms with Crippen molar-refractivity contribution in [3.8, 4) is 0 Å². The molecule has 0 N–H and O–H groups in total. The summed E-state index contributed by atoms with van der Waals surface area (Å²) in [5.41, 5.74) is -1.61. The molecule has 7 heteroatoms. The van der Waals surface area contributed by atoms with E-state index in [-0.39, 0.29) is 5.91 Å². The molecule has 116 valence electrons. The fraction of sp³-hybridized carbons (Fsp3) is 0.786. The first-order valence-corrected chi connectivity index (χ1v) is 7.61. The summed E-state index contributed by atoms with van der Waals surface area (Å²) in [5, 5.41) is 8.29. The number of rotatable bonds is 4. The van der Waals surface area contributed by atoms with Crippen LogP contribution >= 0.6 is 0 Å². The van der Waals surface area contributed by atoms with Crippen LogP contribution in [0.5, 0.6) is 0 Å². The highest BCUT2D eigenvalue weighted by Gasteiger charge is 2.47. The molecule has 1 aromatic heterocycles. The van der Waals surface area contributed by atoms with Crippen molar-refractivity contribution in [1.29, 1.82) is 0 Å². The summed E-state index contributed by atoms with van der Waals surface area (Å²) < 4.78 is 21.6. The van der Waals surface area contributed by atoms with Crippen LogP contribution in [0.4, 0.5) is 4.39 Å². The summed E-state index contributed by atoms with van der Waals surface area (Å²) >= 11 is 0. The first-order chi connectivity index (χ1) is 10.1. The number of ether oxygens (including phenoxy) is 1.